The predicted molar refractivity (Wildman–Crippen MR) is 41.6 cm³/mol. The second-order valence-electron chi connectivity index (χ2n) is 2.60. The number of aliphatic hydroxyl groups excluding tert-OH is 1. The smallest absolute Gasteiger partial charge is 0.205 e. The van der Waals surface area contributed by atoms with Gasteiger partial charge in [-0.15, -0.1) is 0 Å². The molecule has 0 spiro atoms. The quantitative estimate of drug-likeness (QED) is 0.363. The molecule has 4 heteroatoms. The summed E-state index contributed by atoms with van der Waals surface area (Å²) < 4.78 is 9.94. The summed E-state index contributed by atoms with van der Waals surface area (Å²) in [5.74, 6) is -0.731. The lowest BCUT2D eigenvalue weighted by molar-refractivity contribution is -0.145. The highest BCUT2D eigenvalue weighted by Gasteiger charge is 2.18. The van der Waals surface area contributed by atoms with Gasteiger partial charge in [0.2, 0.25) is 5.79 Å². The molecular weight excluding hydrogens is 146 g/mol. The Morgan fingerprint density at radius 2 is 2.09 bits per heavy atom. The Morgan fingerprint density at radius 1 is 1.55 bits per heavy atom. The summed E-state index contributed by atoms with van der Waals surface area (Å²) in [4.78, 5) is 0. The van der Waals surface area contributed by atoms with Crippen molar-refractivity contribution in [2.45, 2.75) is 26.1 Å². The van der Waals surface area contributed by atoms with Crippen LogP contribution >= 0.6 is 0 Å². The minimum atomic E-state index is -0.772. The zero-order valence-electron chi connectivity index (χ0n) is 7.18. The van der Waals surface area contributed by atoms with Crippen molar-refractivity contribution in [1.29, 1.82) is 5.41 Å². The largest absolute Gasteiger partial charge is 0.450 e. The topological polar surface area (TPSA) is 62.5 Å². The monoisotopic (exact) mass is 161 g/mol. The fourth-order valence-electron chi connectivity index (χ4n) is 0.491. The third kappa shape index (κ3) is 4.75. The van der Waals surface area contributed by atoms with Crippen LogP contribution in [0.2, 0.25) is 0 Å². The maximum atomic E-state index is 8.44. The van der Waals surface area contributed by atoms with Crippen LogP contribution in [0.4, 0.5) is 0 Å². The molecular formula is C7H15NO3. The van der Waals surface area contributed by atoms with Gasteiger partial charge < -0.3 is 14.6 Å². The third-order valence-corrected chi connectivity index (χ3v) is 1.20. The Labute approximate surface area is 66.6 Å². The first kappa shape index (κ1) is 10.4. The highest BCUT2D eigenvalue weighted by Crippen LogP contribution is 2.10. The predicted octanol–water partition coefficient (Wildman–Crippen LogP) is 0.745. The van der Waals surface area contributed by atoms with Crippen molar-refractivity contribution in [3.05, 3.63) is 0 Å². The van der Waals surface area contributed by atoms with Gasteiger partial charge in [-0.25, -0.2) is 0 Å². The first-order chi connectivity index (χ1) is 5.02. The molecule has 0 unspecified atom stereocenters. The number of nitrogens with one attached hydrogen (secondary N) is 1. The van der Waals surface area contributed by atoms with Crippen LogP contribution in [0.15, 0.2) is 0 Å². The fourth-order valence-corrected chi connectivity index (χ4v) is 0.491. The zero-order chi connectivity index (χ0) is 8.91. The molecule has 0 aromatic heterocycles. The minimum Gasteiger partial charge on any atom is -0.450 e. The van der Waals surface area contributed by atoms with Gasteiger partial charge >= 0.3 is 0 Å². The molecule has 0 radical (unpaired) electrons. The molecule has 0 atom stereocenters. The Kier molecular flexibility index (Phi) is 4.07. The van der Waals surface area contributed by atoms with Gasteiger partial charge in [0, 0.05) is 27.4 Å². The zero-order valence-corrected chi connectivity index (χ0v) is 7.18. The Balaban J connectivity index is 3.74. The average molecular weight is 161 g/mol. The first-order valence-corrected chi connectivity index (χ1v) is 3.44. The normalized spacial score (nSPS) is 11.3. The van der Waals surface area contributed by atoms with Gasteiger partial charge in [0.05, 0.1) is 6.61 Å². The molecule has 0 rings (SSSR count). The molecule has 66 valence electrons. The van der Waals surface area contributed by atoms with Crippen LogP contribution < -0.4 is 0 Å². The second-order valence-corrected chi connectivity index (χ2v) is 2.60. The molecule has 0 aromatic carbocycles. The number of rotatable bonds is 4. The molecule has 0 saturated carbocycles. The molecule has 0 saturated heterocycles. The molecule has 0 aromatic rings. The lowest BCUT2D eigenvalue weighted by Crippen LogP contribution is -2.29. The number of methoxy groups -OCH3 is 1. The van der Waals surface area contributed by atoms with Gasteiger partial charge in [0.1, 0.15) is 0 Å². The van der Waals surface area contributed by atoms with Crippen LogP contribution in [0.25, 0.3) is 0 Å². The fraction of sp³-hybridized carbons (Fsp3) is 0.857. The van der Waals surface area contributed by atoms with Crippen molar-refractivity contribution in [1.82, 2.24) is 0 Å². The number of ether oxygens (including phenoxy) is 2. The van der Waals surface area contributed by atoms with Gasteiger partial charge in [-0.3, -0.25) is 5.41 Å². The lowest BCUT2D eigenvalue weighted by Gasteiger charge is -2.24. The minimum absolute atomic E-state index is 0.0411. The van der Waals surface area contributed by atoms with E-state index in [1.807, 2.05) is 0 Å². The second kappa shape index (κ2) is 4.31. The van der Waals surface area contributed by atoms with Crippen molar-refractivity contribution in [3.63, 3.8) is 0 Å². The van der Waals surface area contributed by atoms with E-state index >= 15 is 0 Å². The Hall–Kier alpha value is -0.610. The van der Waals surface area contributed by atoms with Gasteiger partial charge in [-0.2, -0.15) is 0 Å². The van der Waals surface area contributed by atoms with Gasteiger partial charge in [-0.1, -0.05) is 0 Å². The van der Waals surface area contributed by atoms with E-state index in [9.17, 15) is 0 Å². The van der Waals surface area contributed by atoms with E-state index < -0.39 is 5.79 Å². The summed E-state index contributed by atoms with van der Waals surface area (Å²) in [7, 11) is 1.51. The molecule has 0 heterocycles. The van der Waals surface area contributed by atoms with Gasteiger partial charge in [0.15, 0.2) is 5.90 Å². The van der Waals surface area contributed by atoms with Crippen LogP contribution in [0.5, 0.6) is 0 Å². The SMILES string of the molecule is COC(C)(C)OC(=N)CCO. The van der Waals surface area contributed by atoms with Crippen LogP contribution in [0, 0.1) is 5.41 Å². The van der Waals surface area contributed by atoms with Gasteiger partial charge in [0.25, 0.3) is 0 Å². The van der Waals surface area contributed by atoms with Crippen molar-refractivity contribution in [2.24, 2.45) is 0 Å². The van der Waals surface area contributed by atoms with Crippen LogP contribution in [-0.4, -0.2) is 30.5 Å². The van der Waals surface area contributed by atoms with Crippen molar-refractivity contribution < 1.29 is 14.6 Å². The molecule has 0 aliphatic heterocycles. The van der Waals surface area contributed by atoms with E-state index in [2.05, 4.69) is 0 Å². The van der Waals surface area contributed by atoms with Crippen molar-refractivity contribution in [3.8, 4) is 0 Å². The molecule has 0 fully saturated rings. The summed E-state index contributed by atoms with van der Waals surface area (Å²) in [6, 6.07) is 0. The maximum absolute atomic E-state index is 8.44. The number of hydrogen-bond acceptors (Lipinski definition) is 4. The van der Waals surface area contributed by atoms with E-state index in [1.54, 1.807) is 13.8 Å². The summed E-state index contributed by atoms with van der Waals surface area (Å²) in [5, 5.41) is 15.6. The van der Waals surface area contributed by atoms with Crippen LogP contribution in [0.3, 0.4) is 0 Å². The summed E-state index contributed by atoms with van der Waals surface area (Å²) >= 11 is 0. The lowest BCUT2D eigenvalue weighted by atomic mass is 10.3. The molecule has 4 nitrogen and oxygen atoms in total. The number of hydrogen-bond donors (Lipinski definition) is 2. The molecule has 2 N–H and O–H groups in total. The van der Waals surface area contributed by atoms with Gasteiger partial charge in [-0.05, 0) is 0 Å². The van der Waals surface area contributed by atoms with E-state index in [4.69, 9.17) is 20.0 Å². The Morgan fingerprint density at radius 3 is 2.45 bits per heavy atom. The summed E-state index contributed by atoms with van der Waals surface area (Å²) in [6.07, 6.45) is 0.229. The van der Waals surface area contributed by atoms with E-state index in [-0.39, 0.29) is 18.9 Å². The standard InChI is InChI=1S/C7H15NO3/c1-7(2,10-3)11-6(8)4-5-9/h8-9H,4-5H2,1-3H3. The highest BCUT2D eigenvalue weighted by molar-refractivity contribution is 5.72. The first-order valence-electron chi connectivity index (χ1n) is 3.44. The van der Waals surface area contributed by atoms with E-state index in [1.165, 1.54) is 7.11 Å². The molecule has 0 bridgehead atoms. The highest BCUT2D eigenvalue weighted by atomic mass is 16.7. The molecule has 0 aliphatic carbocycles. The molecule has 11 heavy (non-hydrogen) atoms. The van der Waals surface area contributed by atoms with E-state index in [0.29, 0.717) is 0 Å². The van der Waals surface area contributed by atoms with Crippen LogP contribution in [-0.2, 0) is 9.47 Å². The third-order valence-electron chi connectivity index (χ3n) is 1.20. The maximum Gasteiger partial charge on any atom is 0.205 e. The van der Waals surface area contributed by atoms with Crippen molar-refractivity contribution in [2.75, 3.05) is 13.7 Å². The molecule has 0 amide bonds. The van der Waals surface area contributed by atoms with Crippen molar-refractivity contribution >= 4 is 5.90 Å². The van der Waals surface area contributed by atoms with Crippen LogP contribution in [0.1, 0.15) is 20.3 Å². The summed E-state index contributed by atoms with van der Waals surface area (Å²) in [6.45, 7) is 3.34. The Bertz CT molecular complexity index is 134. The summed E-state index contributed by atoms with van der Waals surface area (Å²) in [5.41, 5.74) is 0. The number of aliphatic hydroxyl groups is 1. The van der Waals surface area contributed by atoms with E-state index in [0.717, 1.165) is 0 Å². The molecule has 0 aliphatic rings. The average Bonchev–Trinajstić information content (AvgIpc) is 1.87.